The molecule has 0 radical (unpaired) electrons. The van der Waals surface area contributed by atoms with Crippen LogP contribution in [0.5, 0.6) is 0 Å². The Hall–Kier alpha value is -0.850. The van der Waals surface area contributed by atoms with Crippen molar-refractivity contribution in [3.8, 4) is 0 Å². The molecule has 1 atom stereocenters. The molecule has 0 rings (SSSR count). The van der Waals surface area contributed by atoms with Gasteiger partial charge < -0.3 is 10.1 Å². The molecule has 0 aromatic carbocycles. The first kappa shape index (κ1) is 15.2. The highest BCUT2D eigenvalue weighted by atomic mass is 32.2. The number of sulfone groups is 1. The molecule has 1 amide bonds. The number of hydrogen-bond donors (Lipinski definition) is 1. The largest absolute Gasteiger partial charge is 0.444 e. The Morgan fingerprint density at radius 2 is 1.94 bits per heavy atom. The summed E-state index contributed by atoms with van der Waals surface area (Å²) in [5.74, 6) is -0.442. The molecule has 16 heavy (non-hydrogen) atoms. The van der Waals surface area contributed by atoms with Gasteiger partial charge in [-0.2, -0.15) is 0 Å². The Bertz CT molecular complexity index is 334. The average molecular weight is 255 g/mol. The van der Waals surface area contributed by atoms with E-state index >= 15 is 0 Å². The fourth-order valence-corrected chi connectivity index (χ4v) is 1.87. The first-order valence-electron chi connectivity index (χ1n) is 4.77. The molecular weight excluding hydrogens is 237 g/mol. The molecule has 0 spiro atoms. The van der Waals surface area contributed by atoms with Crippen molar-refractivity contribution in [3.05, 3.63) is 0 Å². The van der Waals surface area contributed by atoms with E-state index < -0.39 is 40.0 Å². The summed E-state index contributed by atoms with van der Waals surface area (Å²) in [7, 11) is -3.34. The van der Waals surface area contributed by atoms with Crippen molar-refractivity contribution in [2.24, 2.45) is 0 Å². The predicted octanol–water partition coefficient (Wildman–Crippen LogP) is 0.894. The van der Waals surface area contributed by atoms with E-state index in [4.69, 9.17) is 4.74 Å². The highest BCUT2D eigenvalue weighted by molar-refractivity contribution is 7.90. The number of rotatable bonds is 4. The second kappa shape index (κ2) is 5.47. The van der Waals surface area contributed by atoms with Crippen LogP contribution in [0.15, 0.2) is 0 Å². The van der Waals surface area contributed by atoms with Crippen molar-refractivity contribution in [2.45, 2.75) is 32.4 Å². The van der Waals surface area contributed by atoms with Crippen LogP contribution in [0.25, 0.3) is 0 Å². The number of carbonyl (C=O) groups is 1. The number of alkyl carbamates (subject to hydrolysis) is 1. The minimum absolute atomic E-state index is 0.442. The lowest BCUT2D eigenvalue weighted by molar-refractivity contribution is 0.0502. The van der Waals surface area contributed by atoms with Gasteiger partial charge in [0.2, 0.25) is 0 Å². The smallest absolute Gasteiger partial charge is 0.407 e. The molecule has 0 bridgehead atoms. The van der Waals surface area contributed by atoms with Crippen molar-refractivity contribution in [1.82, 2.24) is 5.32 Å². The molecule has 5 nitrogen and oxygen atoms in total. The molecule has 0 aliphatic heterocycles. The van der Waals surface area contributed by atoms with E-state index in [-0.39, 0.29) is 0 Å². The summed E-state index contributed by atoms with van der Waals surface area (Å²) in [6.45, 7) is 4.03. The monoisotopic (exact) mass is 255 g/mol. The van der Waals surface area contributed by atoms with Crippen molar-refractivity contribution in [2.75, 3.05) is 18.7 Å². The summed E-state index contributed by atoms with van der Waals surface area (Å²) in [4.78, 5) is 11.2. The predicted molar refractivity (Wildman–Crippen MR) is 58.8 cm³/mol. The minimum atomic E-state index is -3.34. The number of carbonyl (C=O) groups excluding carboxylic acids is 1. The van der Waals surface area contributed by atoms with Crippen LogP contribution in [0.4, 0.5) is 9.18 Å². The van der Waals surface area contributed by atoms with E-state index in [1.807, 2.05) is 0 Å². The van der Waals surface area contributed by atoms with Crippen molar-refractivity contribution in [3.63, 3.8) is 0 Å². The van der Waals surface area contributed by atoms with Crippen LogP contribution in [0.3, 0.4) is 0 Å². The molecule has 0 heterocycles. The van der Waals surface area contributed by atoms with Gasteiger partial charge in [0.25, 0.3) is 0 Å². The zero-order valence-corrected chi connectivity index (χ0v) is 10.7. The van der Waals surface area contributed by atoms with E-state index in [2.05, 4.69) is 5.32 Å². The van der Waals surface area contributed by atoms with Gasteiger partial charge >= 0.3 is 6.09 Å². The van der Waals surface area contributed by atoms with Gasteiger partial charge in [-0.1, -0.05) is 0 Å². The molecule has 0 saturated heterocycles. The van der Waals surface area contributed by atoms with E-state index in [9.17, 15) is 17.6 Å². The number of amides is 1. The van der Waals surface area contributed by atoms with Crippen LogP contribution in [0.1, 0.15) is 20.8 Å². The molecule has 0 aromatic rings. The summed E-state index contributed by atoms with van der Waals surface area (Å²) < 4.78 is 39.1. The van der Waals surface area contributed by atoms with E-state index in [0.29, 0.717) is 0 Å². The highest BCUT2D eigenvalue weighted by Crippen LogP contribution is 2.07. The van der Waals surface area contributed by atoms with Gasteiger partial charge in [0.1, 0.15) is 22.1 Å². The molecule has 96 valence electrons. The molecule has 1 N–H and O–H groups in total. The normalized spacial score (nSPS) is 14.3. The first-order valence-corrected chi connectivity index (χ1v) is 6.83. The molecule has 0 fully saturated rings. The SMILES string of the molecule is CC(C)(C)OC(=O)NC(CF)CS(C)(=O)=O. The summed E-state index contributed by atoms with van der Waals surface area (Å²) >= 11 is 0. The van der Waals surface area contributed by atoms with Crippen LogP contribution in [-0.4, -0.2) is 44.8 Å². The van der Waals surface area contributed by atoms with Gasteiger partial charge in [0, 0.05) is 6.26 Å². The number of nitrogens with one attached hydrogen (secondary N) is 1. The maximum absolute atomic E-state index is 12.4. The van der Waals surface area contributed by atoms with Gasteiger partial charge in [-0.3, -0.25) is 0 Å². The quantitative estimate of drug-likeness (QED) is 0.810. The van der Waals surface area contributed by atoms with E-state index in [1.54, 1.807) is 20.8 Å². The number of alkyl halides is 1. The standard InChI is InChI=1S/C9H18FNO4S/c1-9(2,3)15-8(12)11-7(5-10)6-16(4,13)14/h7H,5-6H2,1-4H3,(H,11,12). The lowest BCUT2D eigenvalue weighted by Crippen LogP contribution is -2.43. The molecule has 1 unspecified atom stereocenters. The summed E-state index contributed by atoms with van der Waals surface area (Å²) in [6.07, 6.45) is 0.158. The van der Waals surface area contributed by atoms with Crippen LogP contribution in [0.2, 0.25) is 0 Å². The summed E-state index contributed by atoms with van der Waals surface area (Å²) in [6, 6.07) is -1.06. The third kappa shape index (κ3) is 8.46. The molecular formula is C9H18FNO4S. The van der Waals surface area contributed by atoms with Gasteiger partial charge in [0.15, 0.2) is 0 Å². The number of hydrogen-bond acceptors (Lipinski definition) is 4. The topological polar surface area (TPSA) is 72.5 Å². The van der Waals surface area contributed by atoms with Gasteiger partial charge in [-0.15, -0.1) is 0 Å². The zero-order valence-electron chi connectivity index (χ0n) is 9.91. The Labute approximate surface area is 95.3 Å². The molecule has 0 aromatic heterocycles. The Kier molecular flexibility index (Phi) is 5.18. The summed E-state index contributed by atoms with van der Waals surface area (Å²) in [5.41, 5.74) is -0.698. The van der Waals surface area contributed by atoms with Crippen LogP contribution < -0.4 is 5.32 Å². The second-order valence-corrected chi connectivity index (χ2v) is 6.77. The molecule has 0 saturated carbocycles. The fraction of sp³-hybridized carbons (Fsp3) is 0.889. The zero-order chi connectivity index (χ0) is 13.0. The third-order valence-corrected chi connectivity index (χ3v) is 2.42. The highest BCUT2D eigenvalue weighted by Gasteiger charge is 2.21. The number of halogens is 1. The van der Waals surface area contributed by atoms with Crippen LogP contribution in [0, 0.1) is 0 Å². The van der Waals surface area contributed by atoms with E-state index in [0.717, 1.165) is 6.26 Å². The second-order valence-electron chi connectivity index (χ2n) is 4.59. The van der Waals surface area contributed by atoms with E-state index in [1.165, 1.54) is 0 Å². The summed E-state index contributed by atoms with van der Waals surface area (Å²) in [5, 5.41) is 2.16. The Morgan fingerprint density at radius 3 is 2.25 bits per heavy atom. The third-order valence-electron chi connectivity index (χ3n) is 1.41. The van der Waals surface area contributed by atoms with Gasteiger partial charge in [0.05, 0.1) is 11.8 Å². The molecule has 7 heteroatoms. The fourth-order valence-electron chi connectivity index (χ4n) is 0.964. The average Bonchev–Trinajstić information content (AvgIpc) is 1.96. The molecule has 0 aliphatic carbocycles. The van der Waals surface area contributed by atoms with Crippen molar-refractivity contribution >= 4 is 15.9 Å². The lowest BCUT2D eigenvalue weighted by Gasteiger charge is -2.22. The molecule has 0 aliphatic rings. The number of ether oxygens (including phenoxy) is 1. The lowest BCUT2D eigenvalue weighted by atomic mass is 10.2. The maximum atomic E-state index is 12.4. The maximum Gasteiger partial charge on any atom is 0.407 e. The first-order chi connectivity index (χ1) is 7.03. The Balaban J connectivity index is 4.29. The van der Waals surface area contributed by atoms with Gasteiger partial charge in [-0.05, 0) is 20.8 Å². The van der Waals surface area contributed by atoms with Crippen molar-refractivity contribution in [1.29, 1.82) is 0 Å². The van der Waals surface area contributed by atoms with Crippen LogP contribution >= 0.6 is 0 Å². The Morgan fingerprint density at radius 1 is 1.44 bits per heavy atom. The minimum Gasteiger partial charge on any atom is -0.444 e. The van der Waals surface area contributed by atoms with Gasteiger partial charge in [-0.25, -0.2) is 17.6 Å². The van der Waals surface area contributed by atoms with Crippen LogP contribution in [-0.2, 0) is 14.6 Å². The van der Waals surface area contributed by atoms with Crippen molar-refractivity contribution < 1.29 is 22.3 Å².